The molecule has 0 amide bonds. The molecule has 2 fully saturated rings. The largest absolute Gasteiger partial charge is 0.395 e. The quantitative estimate of drug-likeness (QED) is 0.569. The Bertz CT molecular complexity index is 1290. The normalized spacial score (nSPS) is 23.7. The standard InChI is InChI=1S/C29H34N2O3S/c1-21-9-3-5-11-25(21)23-13-15-24(16-14-23)29-26-19-30(17-7-8-18-31(26)27(29)20-32)35(33,34)28-12-6-4-10-22(28)2/h3-6,9-16,26-27,29,32H,7-8,17-20H2,1-2H3/t26-,27+,29?/m0/s1. The van der Waals surface area contributed by atoms with Crippen molar-refractivity contribution >= 4 is 10.0 Å². The third kappa shape index (κ3) is 4.45. The molecule has 0 saturated carbocycles. The SMILES string of the molecule is Cc1ccccc1-c1ccc(C2[C@@H](CO)N3CCCCN(S(=O)(=O)c4ccccc4C)C[C@@H]23)cc1. The van der Waals surface area contributed by atoms with Crippen LogP contribution in [0.4, 0.5) is 0 Å². The molecule has 2 aliphatic rings. The summed E-state index contributed by atoms with van der Waals surface area (Å²) in [6.07, 6.45) is 1.74. The average molecular weight is 491 g/mol. The minimum absolute atomic E-state index is 0.0189. The minimum Gasteiger partial charge on any atom is -0.395 e. The van der Waals surface area contributed by atoms with Gasteiger partial charge in [0.05, 0.1) is 11.5 Å². The summed E-state index contributed by atoms with van der Waals surface area (Å²) in [4.78, 5) is 2.71. The zero-order valence-corrected chi connectivity index (χ0v) is 21.3. The number of sulfonamides is 1. The molecule has 0 bridgehead atoms. The van der Waals surface area contributed by atoms with Crippen molar-refractivity contribution in [3.63, 3.8) is 0 Å². The number of benzene rings is 3. The van der Waals surface area contributed by atoms with Crippen molar-refractivity contribution in [3.8, 4) is 11.1 Å². The van der Waals surface area contributed by atoms with Crippen molar-refractivity contribution in [2.24, 2.45) is 0 Å². The van der Waals surface area contributed by atoms with E-state index in [4.69, 9.17) is 0 Å². The van der Waals surface area contributed by atoms with Crippen LogP contribution in [0.5, 0.6) is 0 Å². The molecule has 0 aromatic heterocycles. The van der Waals surface area contributed by atoms with Crippen LogP contribution in [0.3, 0.4) is 0 Å². The molecule has 0 spiro atoms. The van der Waals surface area contributed by atoms with Crippen molar-refractivity contribution in [1.82, 2.24) is 9.21 Å². The maximum absolute atomic E-state index is 13.6. The smallest absolute Gasteiger partial charge is 0.243 e. The van der Waals surface area contributed by atoms with E-state index in [2.05, 4.69) is 54.3 Å². The Labute approximate surface area is 209 Å². The van der Waals surface area contributed by atoms with Crippen LogP contribution >= 0.6 is 0 Å². The molecule has 1 unspecified atom stereocenters. The predicted octanol–water partition coefficient (Wildman–Crippen LogP) is 4.58. The number of hydrogen-bond acceptors (Lipinski definition) is 4. The van der Waals surface area contributed by atoms with Crippen molar-refractivity contribution in [1.29, 1.82) is 0 Å². The van der Waals surface area contributed by atoms with Crippen molar-refractivity contribution in [3.05, 3.63) is 89.5 Å². The number of fused-ring (bicyclic) bond motifs is 1. The van der Waals surface area contributed by atoms with Crippen LogP contribution in [0.2, 0.25) is 0 Å². The number of hydrogen-bond donors (Lipinski definition) is 1. The fourth-order valence-electron chi connectivity index (χ4n) is 5.89. The summed E-state index contributed by atoms with van der Waals surface area (Å²) in [5.74, 6) is 0.0959. The van der Waals surface area contributed by atoms with Gasteiger partial charge in [0.1, 0.15) is 0 Å². The van der Waals surface area contributed by atoms with Gasteiger partial charge in [-0.3, -0.25) is 4.90 Å². The number of nitrogens with zero attached hydrogens (tertiary/aromatic N) is 2. The fraction of sp³-hybridized carbons (Fsp3) is 0.379. The third-order valence-electron chi connectivity index (χ3n) is 7.80. The molecule has 5 nitrogen and oxygen atoms in total. The Balaban J connectivity index is 1.44. The molecule has 2 saturated heterocycles. The molecule has 5 rings (SSSR count). The van der Waals surface area contributed by atoms with E-state index in [1.165, 1.54) is 16.7 Å². The molecular weight excluding hydrogens is 456 g/mol. The molecule has 1 N–H and O–H groups in total. The first kappa shape index (κ1) is 24.2. The second kappa shape index (κ2) is 9.86. The van der Waals surface area contributed by atoms with E-state index >= 15 is 0 Å². The van der Waals surface area contributed by atoms with Crippen LogP contribution < -0.4 is 0 Å². The molecule has 2 heterocycles. The fourth-order valence-corrected chi connectivity index (χ4v) is 7.62. The van der Waals surface area contributed by atoms with Gasteiger partial charge in [-0.15, -0.1) is 0 Å². The van der Waals surface area contributed by atoms with Crippen molar-refractivity contribution in [2.45, 2.75) is 49.6 Å². The lowest BCUT2D eigenvalue weighted by Crippen LogP contribution is -2.67. The summed E-state index contributed by atoms with van der Waals surface area (Å²) in [6, 6.07) is 24.3. The number of rotatable bonds is 5. The summed E-state index contributed by atoms with van der Waals surface area (Å²) in [5.41, 5.74) is 5.56. The second-order valence-electron chi connectivity index (χ2n) is 9.85. The van der Waals surface area contributed by atoms with Gasteiger partial charge in [-0.2, -0.15) is 4.31 Å². The topological polar surface area (TPSA) is 60.9 Å². The highest BCUT2D eigenvalue weighted by Gasteiger charge is 2.50. The van der Waals surface area contributed by atoms with E-state index in [9.17, 15) is 13.5 Å². The Kier molecular flexibility index (Phi) is 6.82. The van der Waals surface area contributed by atoms with Gasteiger partial charge in [0.2, 0.25) is 10.0 Å². The van der Waals surface area contributed by atoms with Crippen molar-refractivity contribution in [2.75, 3.05) is 26.2 Å². The van der Waals surface area contributed by atoms with E-state index in [-0.39, 0.29) is 24.6 Å². The molecule has 3 aromatic rings. The summed E-state index contributed by atoms with van der Waals surface area (Å²) in [7, 11) is -3.59. The van der Waals surface area contributed by atoms with E-state index in [0.29, 0.717) is 18.0 Å². The predicted molar refractivity (Wildman–Crippen MR) is 140 cm³/mol. The number of aliphatic hydroxyl groups is 1. The first-order chi connectivity index (χ1) is 16.9. The molecule has 0 radical (unpaired) electrons. The van der Waals surface area contributed by atoms with Gasteiger partial charge in [-0.1, -0.05) is 66.7 Å². The molecule has 3 aromatic carbocycles. The van der Waals surface area contributed by atoms with Crippen LogP contribution in [0.1, 0.15) is 35.4 Å². The molecular formula is C29H34N2O3S. The Morgan fingerprint density at radius 1 is 0.857 bits per heavy atom. The van der Waals surface area contributed by atoms with Crippen molar-refractivity contribution < 1.29 is 13.5 Å². The summed E-state index contributed by atoms with van der Waals surface area (Å²) in [5, 5.41) is 10.3. The Hall–Kier alpha value is -2.51. The Morgan fingerprint density at radius 3 is 2.20 bits per heavy atom. The van der Waals surface area contributed by atoms with Gasteiger partial charge in [0, 0.05) is 31.1 Å². The first-order valence-electron chi connectivity index (χ1n) is 12.5. The molecule has 3 atom stereocenters. The van der Waals surface area contributed by atoms with Gasteiger partial charge in [0.25, 0.3) is 0 Å². The van der Waals surface area contributed by atoms with E-state index < -0.39 is 10.0 Å². The highest BCUT2D eigenvalue weighted by Crippen LogP contribution is 2.43. The lowest BCUT2D eigenvalue weighted by molar-refractivity contribution is -0.0553. The maximum atomic E-state index is 13.6. The highest BCUT2D eigenvalue weighted by atomic mass is 32.2. The summed E-state index contributed by atoms with van der Waals surface area (Å²) in [6.45, 7) is 5.92. The zero-order chi connectivity index (χ0) is 24.6. The monoisotopic (exact) mass is 490 g/mol. The Morgan fingerprint density at radius 2 is 1.51 bits per heavy atom. The lowest BCUT2D eigenvalue weighted by atomic mass is 9.74. The summed E-state index contributed by atoms with van der Waals surface area (Å²) >= 11 is 0. The van der Waals surface area contributed by atoms with Gasteiger partial charge < -0.3 is 5.11 Å². The summed E-state index contributed by atoms with van der Waals surface area (Å²) < 4.78 is 28.9. The molecule has 2 aliphatic heterocycles. The van der Waals surface area contributed by atoms with Gasteiger partial charge in [-0.05, 0) is 67.1 Å². The first-order valence-corrected chi connectivity index (χ1v) is 13.9. The van der Waals surface area contributed by atoms with E-state index in [0.717, 1.165) is 30.5 Å². The molecule has 184 valence electrons. The molecule has 0 aliphatic carbocycles. The van der Waals surface area contributed by atoms with Gasteiger partial charge >= 0.3 is 0 Å². The highest BCUT2D eigenvalue weighted by molar-refractivity contribution is 7.89. The maximum Gasteiger partial charge on any atom is 0.243 e. The van der Waals surface area contributed by atoms with Crippen LogP contribution in [0.15, 0.2) is 77.7 Å². The van der Waals surface area contributed by atoms with E-state index in [1.807, 2.05) is 25.1 Å². The van der Waals surface area contributed by atoms with Crippen LogP contribution in [0.25, 0.3) is 11.1 Å². The second-order valence-corrected chi connectivity index (χ2v) is 11.8. The zero-order valence-electron chi connectivity index (χ0n) is 20.5. The number of aryl methyl sites for hydroxylation is 2. The minimum atomic E-state index is -3.59. The average Bonchev–Trinajstić information content (AvgIpc) is 2.84. The molecule has 6 heteroatoms. The van der Waals surface area contributed by atoms with Gasteiger partial charge in [0.15, 0.2) is 0 Å². The van der Waals surface area contributed by atoms with E-state index in [1.54, 1.807) is 16.4 Å². The number of aliphatic hydroxyl groups excluding tert-OH is 1. The molecule has 35 heavy (non-hydrogen) atoms. The van der Waals surface area contributed by atoms with Crippen LogP contribution in [-0.4, -0.2) is 61.1 Å². The van der Waals surface area contributed by atoms with Gasteiger partial charge in [-0.25, -0.2) is 8.42 Å². The third-order valence-corrected chi connectivity index (χ3v) is 9.82. The van der Waals surface area contributed by atoms with Crippen LogP contribution in [-0.2, 0) is 10.0 Å². The lowest BCUT2D eigenvalue weighted by Gasteiger charge is -2.57. The van der Waals surface area contributed by atoms with Crippen LogP contribution in [0, 0.1) is 13.8 Å².